The molecule has 1 aromatic carbocycles. The van der Waals surface area contributed by atoms with Gasteiger partial charge >= 0.3 is 0 Å². The van der Waals surface area contributed by atoms with Crippen molar-refractivity contribution in [3.8, 4) is 0 Å². The zero-order chi connectivity index (χ0) is 10.7. The smallest absolute Gasteiger partial charge is 0.146 e. The summed E-state index contributed by atoms with van der Waals surface area (Å²) in [6.07, 6.45) is 1.90. The average Bonchev–Trinajstić information content (AvgIpc) is 2.30. The van der Waals surface area contributed by atoms with E-state index in [0.29, 0.717) is 11.6 Å². The van der Waals surface area contributed by atoms with E-state index in [1.807, 2.05) is 12.1 Å². The molecule has 0 aliphatic carbocycles. The molecule has 15 heavy (non-hydrogen) atoms. The van der Waals surface area contributed by atoms with Gasteiger partial charge < -0.3 is 10.0 Å². The number of rotatable bonds is 2. The molecule has 0 radical (unpaired) electrons. The van der Waals surface area contributed by atoms with Gasteiger partial charge in [-0.25, -0.2) is 4.39 Å². The molecule has 0 unspecified atom stereocenters. The van der Waals surface area contributed by atoms with Gasteiger partial charge in [-0.1, -0.05) is 12.1 Å². The third kappa shape index (κ3) is 2.29. The van der Waals surface area contributed by atoms with Gasteiger partial charge in [0.2, 0.25) is 0 Å². The van der Waals surface area contributed by atoms with Crippen molar-refractivity contribution in [2.75, 3.05) is 24.6 Å². The first-order valence-electron chi connectivity index (χ1n) is 5.41. The summed E-state index contributed by atoms with van der Waals surface area (Å²) >= 11 is 0. The molecule has 0 spiro atoms. The van der Waals surface area contributed by atoms with E-state index in [1.54, 1.807) is 6.07 Å². The lowest BCUT2D eigenvalue weighted by Crippen LogP contribution is -2.35. The zero-order valence-corrected chi connectivity index (χ0v) is 8.69. The first-order chi connectivity index (χ1) is 7.31. The van der Waals surface area contributed by atoms with Crippen LogP contribution in [-0.2, 0) is 0 Å². The maximum Gasteiger partial charge on any atom is 0.146 e. The topological polar surface area (TPSA) is 23.5 Å². The van der Waals surface area contributed by atoms with Gasteiger partial charge in [0.15, 0.2) is 0 Å². The lowest BCUT2D eigenvalue weighted by Gasteiger charge is -2.32. The van der Waals surface area contributed by atoms with E-state index in [0.717, 1.165) is 25.9 Å². The minimum atomic E-state index is -0.153. The van der Waals surface area contributed by atoms with Gasteiger partial charge in [-0.3, -0.25) is 0 Å². The quantitative estimate of drug-likeness (QED) is 0.805. The fraction of sp³-hybridized carbons (Fsp3) is 0.500. The predicted molar refractivity (Wildman–Crippen MR) is 58.4 cm³/mol. The molecule has 82 valence electrons. The van der Waals surface area contributed by atoms with E-state index in [2.05, 4.69) is 4.90 Å². The first kappa shape index (κ1) is 10.4. The van der Waals surface area contributed by atoms with Crippen molar-refractivity contribution in [3.63, 3.8) is 0 Å². The average molecular weight is 209 g/mol. The molecule has 1 fully saturated rings. The molecular formula is C12H16FNO. The second kappa shape index (κ2) is 4.62. The van der Waals surface area contributed by atoms with Crippen molar-refractivity contribution >= 4 is 5.69 Å². The van der Waals surface area contributed by atoms with Crippen molar-refractivity contribution in [2.24, 2.45) is 5.92 Å². The van der Waals surface area contributed by atoms with E-state index in [4.69, 9.17) is 5.11 Å². The maximum absolute atomic E-state index is 13.5. The number of piperidine rings is 1. The van der Waals surface area contributed by atoms with Crippen LogP contribution in [0.2, 0.25) is 0 Å². The zero-order valence-electron chi connectivity index (χ0n) is 8.69. The van der Waals surface area contributed by atoms with Crippen LogP contribution in [0.3, 0.4) is 0 Å². The molecule has 0 bridgehead atoms. The Hall–Kier alpha value is -1.09. The van der Waals surface area contributed by atoms with Crippen LogP contribution >= 0.6 is 0 Å². The highest BCUT2D eigenvalue weighted by Crippen LogP contribution is 2.24. The highest BCUT2D eigenvalue weighted by Gasteiger charge is 2.20. The lowest BCUT2D eigenvalue weighted by molar-refractivity contribution is 0.203. The monoisotopic (exact) mass is 209 g/mol. The number of benzene rings is 1. The molecular weight excluding hydrogens is 193 g/mol. The van der Waals surface area contributed by atoms with Gasteiger partial charge in [-0.15, -0.1) is 0 Å². The van der Waals surface area contributed by atoms with Crippen molar-refractivity contribution in [1.29, 1.82) is 0 Å². The Bertz CT molecular complexity index is 321. The highest BCUT2D eigenvalue weighted by atomic mass is 19.1. The fourth-order valence-corrected chi connectivity index (χ4v) is 2.06. The predicted octanol–water partition coefficient (Wildman–Crippen LogP) is 2.03. The number of anilines is 1. The van der Waals surface area contributed by atoms with Crippen LogP contribution in [0.15, 0.2) is 24.3 Å². The molecule has 2 rings (SSSR count). The van der Waals surface area contributed by atoms with Gasteiger partial charge in [-0.2, -0.15) is 0 Å². The van der Waals surface area contributed by atoms with E-state index in [1.165, 1.54) is 6.07 Å². The SMILES string of the molecule is OCC1CCN(c2ccccc2F)CC1. The normalized spacial score (nSPS) is 18.1. The molecule has 1 N–H and O–H groups in total. The van der Waals surface area contributed by atoms with E-state index in [-0.39, 0.29) is 12.4 Å². The van der Waals surface area contributed by atoms with Crippen LogP contribution < -0.4 is 4.90 Å². The number of aliphatic hydroxyl groups excluding tert-OH is 1. The summed E-state index contributed by atoms with van der Waals surface area (Å²) in [5.41, 5.74) is 0.689. The molecule has 0 saturated carbocycles. The Kier molecular flexibility index (Phi) is 3.21. The van der Waals surface area contributed by atoms with Gasteiger partial charge in [0.05, 0.1) is 5.69 Å². The third-order valence-electron chi connectivity index (χ3n) is 3.07. The summed E-state index contributed by atoms with van der Waals surface area (Å²) in [6.45, 7) is 1.93. The Labute approximate surface area is 89.3 Å². The number of hydrogen-bond donors (Lipinski definition) is 1. The molecule has 1 aliphatic rings. The lowest BCUT2D eigenvalue weighted by atomic mass is 9.97. The number of halogens is 1. The van der Waals surface area contributed by atoms with Crippen LogP contribution in [0.1, 0.15) is 12.8 Å². The molecule has 1 heterocycles. The Morgan fingerprint density at radius 3 is 2.53 bits per heavy atom. The highest BCUT2D eigenvalue weighted by molar-refractivity contribution is 5.47. The number of para-hydroxylation sites is 1. The maximum atomic E-state index is 13.5. The Balaban J connectivity index is 2.04. The minimum Gasteiger partial charge on any atom is -0.396 e. The van der Waals surface area contributed by atoms with Gasteiger partial charge in [-0.05, 0) is 30.9 Å². The van der Waals surface area contributed by atoms with Crippen LogP contribution in [-0.4, -0.2) is 24.8 Å². The molecule has 0 aromatic heterocycles. The number of aliphatic hydroxyl groups is 1. The number of hydrogen-bond acceptors (Lipinski definition) is 2. The molecule has 1 aliphatic heterocycles. The third-order valence-corrected chi connectivity index (χ3v) is 3.07. The summed E-state index contributed by atoms with van der Waals surface area (Å²) in [4.78, 5) is 2.06. The van der Waals surface area contributed by atoms with Crippen LogP contribution in [0.5, 0.6) is 0 Å². The summed E-state index contributed by atoms with van der Waals surface area (Å²) in [5.74, 6) is 0.243. The van der Waals surface area contributed by atoms with Crippen molar-refractivity contribution in [3.05, 3.63) is 30.1 Å². The second-order valence-electron chi connectivity index (χ2n) is 4.06. The number of nitrogens with zero attached hydrogens (tertiary/aromatic N) is 1. The van der Waals surface area contributed by atoms with Crippen molar-refractivity contribution in [2.45, 2.75) is 12.8 Å². The molecule has 0 amide bonds. The first-order valence-corrected chi connectivity index (χ1v) is 5.41. The summed E-state index contributed by atoms with van der Waals surface area (Å²) < 4.78 is 13.5. The van der Waals surface area contributed by atoms with E-state index in [9.17, 15) is 4.39 Å². The van der Waals surface area contributed by atoms with E-state index < -0.39 is 0 Å². The molecule has 0 atom stereocenters. The minimum absolute atomic E-state index is 0.153. The summed E-state index contributed by atoms with van der Waals surface area (Å²) in [7, 11) is 0. The van der Waals surface area contributed by atoms with Crippen LogP contribution in [0.25, 0.3) is 0 Å². The second-order valence-corrected chi connectivity index (χ2v) is 4.06. The Morgan fingerprint density at radius 1 is 1.27 bits per heavy atom. The van der Waals surface area contributed by atoms with Crippen LogP contribution in [0.4, 0.5) is 10.1 Å². The fourth-order valence-electron chi connectivity index (χ4n) is 2.06. The largest absolute Gasteiger partial charge is 0.396 e. The Morgan fingerprint density at radius 2 is 1.93 bits per heavy atom. The van der Waals surface area contributed by atoms with Crippen molar-refractivity contribution in [1.82, 2.24) is 0 Å². The van der Waals surface area contributed by atoms with Crippen LogP contribution in [0, 0.1) is 11.7 Å². The van der Waals surface area contributed by atoms with Gasteiger partial charge in [0.1, 0.15) is 5.82 Å². The molecule has 2 nitrogen and oxygen atoms in total. The van der Waals surface area contributed by atoms with Gasteiger partial charge in [0.25, 0.3) is 0 Å². The molecule has 1 aromatic rings. The molecule has 3 heteroatoms. The summed E-state index contributed by atoms with van der Waals surface area (Å²) in [6, 6.07) is 6.87. The van der Waals surface area contributed by atoms with Crippen molar-refractivity contribution < 1.29 is 9.50 Å². The summed E-state index contributed by atoms with van der Waals surface area (Å²) in [5, 5.41) is 9.01. The van der Waals surface area contributed by atoms with E-state index >= 15 is 0 Å². The van der Waals surface area contributed by atoms with Gasteiger partial charge in [0, 0.05) is 19.7 Å². The standard InChI is InChI=1S/C12H16FNO/c13-11-3-1-2-4-12(11)14-7-5-10(9-15)6-8-14/h1-4,10,15H,5-9H2. The molecule has 1 saturated heterocycles.